The predicted molar refractivity (Wildman–Crippen MR) is 76.1 cm³/mol. The highest BCUT2D eigenvalue weighted by Crippen LogP contribution is 2.25. The van der Waals surface area contributed by atoms with Crippen LogP contribution in [-0.4, -0.2) is 12.0 Å². The van der Waals surface area contributed by atoms with E-state index in [1.807, 2.05) is 12.6 Å². The van der Waals surface area contributed by atoms with Gasteiger partial charge >= 0.3 is 0 Å². The number of aryl methyl sites for hydroxylation is 2. The Kier molecular flexibility index (Phi) is 3.43. The summed E-state index contributed by atoms with van der Waals surface area (Å²) in [5.74, 6) is 0. The summed E-state index contributed by atoms with van der Waals surface area (Å²) < 4.78 is 0. The molecule has 2 aromatic rings. The zero-order valence-electron chi connectivity index (χ0n) is 10.6. The lowest BCUT2D eigenvalue weighted by Crippen LogP contribution is -2.19. The molecule has 1 N–H and O–H groups in total. The molecule has 18 heavy (non-hydrogen) atoms. The third-order valence-corrected chi connectivity index (χ3v) is 4.36. The highest BCUT2D eigenvalue weighted by Gasteiger charge is 2.15. The van der Waals surface area contributed by atoms with Gasteiger partial charge in [0.15, 0.2) is 0 Å². The molecule has 0 fully saturated rings. The van der Waals surface area contributed by atoms with Gasteiger partial charge in [-0.25, -0.2) is 4.98 Å². The van der Waals surface area contributed by atoms with E-state index in [9.17, 15) is 0 Å². The fraction of sp³-hybridized carbons (Fsp3) is 0.400. The van der Waals surface area contributed by atoms with Gasteiger partial charge in [0.1, 0.15) is 0 Å². The Labute approximate surface area is 112 Å². The molecular formula is C15H18N2S. The summed E-state index contributed by atoms with van der Waals surface area (Å²) in [6, 6.07) is 7.31. The SMILES string of the molecule is CNC(Cc1ccc2c(c1)CCC2)c1cscn1. The maximum absolute atomic E-state index is 4.41. The predicted octanol–water partition coefficient (Wildman–Crippen LogP) is 3.14. The molecule has 94 valence electrons. The number of nitrogens with zero attached hydrogens (tertiary/aromatic N) is 1. The van der Waals surface area contributed by atoms with Gasteiger partial charge in [0.2, 0.25) is 0 Å². The van der Waals surface area contributed by atoms with E-state index in [2.05, 4.69) is 33.9 Å². The van der Waals surface area contributed by atoms with Crippen molar-refractivity contribution in [3.8, 4) is 0 Å². The van der Waals surface area contributed by atoms with Crippen LogP contribution in [0.2, 0.25) is 0 Å². The molecule has 1 aromatic heterocycles. The van der Waals surface area contributed by atoms with E-state index in [1.165, 1.54) is 24.8 Å². The molecule has 1 aliphatic carbocycles. The number of fused-ring (bicyclic) bond motifs is 1. The normalized spacial score (nSPS) is 15.6. The molecule has 0 radical (unpaired) electrons. The second kappa shape index (κ2) is 5.21. The van der Waals surface area contributed by atoms with Crippen LogP contribution in [0.5, 0.6) is 0 Å². The largest absolute Gasteiger partial charge is 0.311 e. The van der Waals surface area contributed by atoms with E-state index >= 15 is 0 Å². The smallest absolute Gasteiger partial charge is 0.0795 e. The molecule has 0 amide bonds. The first-order valence-corrected chi connectivity index (χ1v) is 7.47. The first-order chi connectivity index (χ1) is 8.86. The summed E-state index contributed by atoms with van der Waals surface area (Å²) >= 11 is 1.66. The quantitative estimate of drug-likeness (QED) is 0.911. The van der Waals surface area contributed by atoms with Gasteiger partial charge in [-0.05, 0) is 49.4 Å². The molecule has 3 rings (SSSR count). The Hall–Kier alpha value is -1.19. The van der Waals surface area contributed by atoms with E-state index in [-0.39, 0.29) is 0 Å². The number of nitrogens with one attached hydrogen (secondary N) is 1. The van der Waals surface area contributed by atoms with E-state index in [0.717, 1.165) is 12.1 Å². The molecule has 1 atom stereocenters. The van der Waals surface area contributed by atoms with Crippen LogP contribution in [0.3, 0.4) is 0 Å². The lowest BCUT2D eigenvalue weighted by Gasteiger charge is -2.14. The summed E-state index contributed by atoms with van der Waals surface area (Å²) in [6.45, 7) is 0. The van der Waals surface area contributed by atoms with Crippen LogP contribution < -0.4 is 5.32 Å². The number of hydrogen-bond acceptors (Lipinski definition) is 3. The fourth-order valence-electron chi connectivity index (χ4n) is 2.74. The number of benzene rings is 1. The van der Waals surface area contributed by atoms with Crippen LogP contribution in [0.25, 0.3) is 0 Å². The highest BCUT2D eigenvalue weighted by atomic mass is 32.1. The van der Waals surface area contributed by atoms with Gasteiger partial charge in [-0.1, -0.05) is 18.2 Å². The lowest BCUT2D eigenvalue weighted by atomic mass is 10.00. The second-order valence-electron chi connectivity index (χ2n) is 4.92. The van der Waals surface area contributed by atoms with Gasteiger partial charge in [0.05, 0.1) is 17.2 Å². The summed E-state index contributed by atoms with van der Waals surface area (Å²) in [4.78, 5) is 4.41. The molecule has 1 aliphatic rings. The van der Waals surface area contributed by atoms with Crippen molar-refractivity contribution in [2.75, 3.05) is 7.05 Å². The van der Waals surface area contributed by atoms with Crippen molar-refractivity contribution in [1.29, 1.82) is 0 Å². The summed E-state index contributed by atoms with van der Waals surface area (Å²) in [7, 11) is 2.01. The maximum Gasteiger partial charge on any atom is 0.0795 e. The minimum Gasteiger partial charge on any atom is -0.311 e. The van der Waals surface area contributed by atoms with Gasteiger partial charge in [0, 0.05) is 5.38 Å². The Morgan fingerprint density at radius 2 is 2.22 bits per heavy atom. The number of hydrogen-bond donors (Lipinski definition) is 1. The number of rotatable bonds is 4. The van der Waals surface area contributed by atoms with Crippen molar-refractivity contribution < 1.29 is 0 Å². The molecule has 0 saturated carbocycles. The zero-order valence-corrected chi connectivity index (χ0v) is 11.5. The summed E-state index contributed by atoms with van der Waals surface area (Å²) in [5.41, 5.74) is 7.59. The first-order valence-electron chi connectivity index (χ1n) is 6.53. The molecule has 1 unspecified atom stereocenters. The highest BCUT2D eigenvalue weighted by molar-refractivity contribution is 7.07. The van der Waals surface area contributed by atoms with Crippen LogP contribution in [0.15, 0.2) is 29.1 Å². The Balaban J connectivity index is 1.79. The third-order valence-electron chi connectivity index (χ3n) is 3.76. The molecule has 3 heteroatoms. The van der Waals surface area contributed by atoms with Gasteiger partial charge < -0.3 is 5.32 Å². The topological polar surface area (TPSA) is 24.9 Å². The van der Waals surface area contributed by atoms with Crippen LogP contribution in [0.1, 0.15) is 34.8 Å². The van der Waals surface area contributed by atoms with Crippen molar-refractivity contribution in [3.63, 3.8) is 0 Å². The van der Waals surface area contributed by atoms with Gasteiger partial charge in [-0.2, -0.15) is 0 Å². The minimum absolute atomic E-state index is 0.329. The van der Waals surface area contributed by atoms with Crippen LogP contribution in [0, 0.1) is 0 Å². The molecule has 0 bridgehead atoms. The molecule has 0 spiro atoms. The van der Waals surface area contributed by atoms with Crippen molar-refractivity contribution in [2.24, 2.45) is 0 Å². The standard InChI is InChI=1S/C15H18N2S/c1-16-14(15-9-18-10-17-15)8-11-5-6-12-3-2-4-13(12)7-11/h5-7,9-10,14,16H,2-4,8H2,1H3. The summed E-state index contributed by atoms with van der Waals surface area (Å²) in [5, 5.41) is 5.50. The van der Waals surface area contributed by atoms with Gasteiger partial charge in [-0.3, -0.25) is 0 Å². The van der Waals surface area contributed by atoms with E-state index in [4.69, 9.17) is 0 Å². The van der Waals surface area contributed by atoms with Crippen LogP contribution in [-0.2, 0) is 19.3 Å². The third kappa shape index (κ3) is 2.33. The zero-order chi connectivity index (χ0) is 12.4. The fourth-order valence-corrected chi connectivity index (χ4v) is 3.34. The Bertz CT molecular complexity index is 519. The molecular weight excluding hydrogens is 240 g/mol. The number of thiazole rings is 1. The average Bonchev–Trinajstić information content (AvgIpc) is 3.06. The number of aromatic nitrogens is 1. The Morgan fingerprint density at radius 1 is 1.33 bits per heavy atom. The van der Waals surface area contributed by atoms with Crippen LogP contribution in [0.4, 0.5) is 0 Å². The Morgan fingerprint density at radius 3 is 3.00 bits per heavy atom. The van der Waals surface area contributed by atoms with E-state index < -0.39 is 0 Å². The monoisotopic (exact) mass is 258 g/mol. The lowest BCUT2D eigenvalue weighted by molar-refractivity contribution is 0.579. The van der Waals surface area contributed by atoms with Crippen molar-refractivity contribution in [3.05, 3.63) is 51.5 Å². The summed E-state index contributed by atoms with van der Waals surface area (Å²) in [6.07, 6.45) is 4.86. The first kappa shape index (κ1) is 11.9. The van der Waals surface area contributed by atoms with Crippen LogP contribution >= 0.6 is 11.3 Å². The van der Waals surface area contributed by atoms with Gasteiger partial charge in [-0.15, -0.1) is 11.3 Å². The average molecular weight is 258 g/mol. The molecule has 1 aromatic carbocycles. The molecule has 1 heterocycles. The van der Waals surface area contributed by atoms with Crippen molar-refractivity contribution in [1.82, 2.24) is 10.3 Å². The van der Waals surface area contributed by atoms with Crippen molar-refractivity contribution in [2.45, 2.75) is 31.7 Å². The number of likely N-dealkylation sites (N-methyl/N-ethyl adjacent to an activating group) is 1. The maximum atomic E-state index is 4.41. The molecule has 0 saturated heterocycles. The minimum atomic E-state index is 0.329. The van der Waals surface area contributed by atoms with E-state index in [0.29, 0.717) is 6.04 Å². The second-order valence-corrected chi connectivity index (χ2v) is 5.63. The molecule has 2 nitrogen and oxygen atoms in total. The van der Waals surface area contributed by atoms with Gasteiger partial charge in [0.25, 0.3) is 0 Å². The van der Waals surface area contributed by atoms with Crippen molar-refractivity contribution >= 4 is 11.3 Å². The molecule has 0 aliphatic heterocycles. The van der Waals surface area contributed by atoms with E-state index in [1.54, 1.807) is 22.5 Å².